The number of amides is 1. The number of anilines is 1. The zero-order valence-electron chi connectivity index (χ0n) is 14.6. The standard InChI is InChI=1S/C20H23N3O3/c24-20(15-21-18-6-8-19(9-7-18)23(25)26)22-12-10-17(11-13-22)14-16-4-2-1-3-5-16/h1-9,17,21H,10-15H2. The maximum Gasteiger partial charge on any atom is 0.269 e. The van der Waals surface area contributed by atoms with E-state index in [2.05, 4.69) is 29.6 Å². The van der Waals surface area contributed by atoms with Gasteiger partial charge in [0.1, 0.15) is 0 Å². The van der Waals surface area contributed by atoms with Crippen LogP contribution >= 0.6 is 0 Å². The van der Waals surface area contributed by atoms with Gasteiger partial charge in [0.25, 0.3) is 5.69 Å². The number of hydrogen-bond acceptors (Lipinski definition) is 4. The first-order valence-corrected chi connectivity index (χ1v) is 8.92. The Kier molecular flexibility index (Phi) is 5.84. The molecule has 0 bridgehead atoms. The fraction of sp³-hybridized carbons (Fsp3) is 0.350. The van der Waals surface area contributed by atoms with Crippen molar-refractivity contribution in [2.24, 2.45) is 5.92 Å². The zero-order chi connectivity index (χ0) is 18.4. The molecule has 0 aromatic heterocycles. The molecular formula is C20H23N3O3. The molecule has 0 unspecified atom stereocenters. The second kappa shape index (κ2) is 8.47. The Morgan fingerprint density at radius 3 is 2.35 bits per heavy atom. The van der Waals surface area contributed by atoms with Gasteiger partial charge in [-0.15, -0.1) is 0 Å². The predicted octanol–water partition coefficient (Wildman–Crippen LogP) is 3.49. The van der Waals surface area contributed by atoms with Crippen molar-refractivity contribution in [2.45, 2.75) is 19.3 Å². The van der Waals surface area contributed by atoms with E-state index in [-0.39, 0.29) is 18.1 Å². The van der Waals surface area contributed by atoms with Crippen LogP contribution in [-0.4, -0.2) is 35.4 Å². The number of nitrogens with one attached hydrogen (secondary N) is 1. The van der Waals surface area contributed by atoms with Gasteiger partial charge in [-0.25, -0.2) is 0 Å². The summed E-state index contributed by atoms with van der Waals surface area (Å²) in [5.74, 6) is 0.700. The van der Waals surface area contributed by atoms with E-state index in [0.717, 1.165) is 32.4 Å². The number of nitro benzene ring substituents is 1. The van der Waals surface area contributed by atoms with Gasteiger partial charge in [-0.3, -0.25) is 14.9 Å². The van der Waals surface area contributed by atoms with Crippen molar-refractivity contribution in [3.8, 4) is 0 Å². The maximum absolute atomic E-state index is 12.4. The van der Waals surface area contributed by atoms with Crippen molar-refractivity contribution in [3.63, 3.8) is 0 Å². The molecule has 136 valence electrons. The largest absolute Gasteiger partial charge is 0.376 e. The highest BCUT2D eigenvalue weighted by Crippen LogP contribution is 2.22. The summed E-state index contributed by atoms with van der Waals surface area (Å²) in [7, 11) is 0. The molecule has 26 heavy (non-hydrogen) atoms. The topological polar surface area (TPSA) is 75.5 Å². The minimum absolute atomic E-state index is 0.0439. The lowest BCUT2D eigenvalue weighted by Gasteiger charge is -2.32. The highest BCUT2D eigenvalue weighted by Gasteiger charge is 2.22. The third-order valence-electron chi connectivity index (χ3n) is 4.86. The van der Waals surface area contributed by atoms with Crippen molar-refractivity contribution in [2.75, 3.05) is 25.0 Å². The molecule has 2 aromatic rings. The average molecular weight is 353 g/mol. The highest BCUT2D eigenvalue weighted by molar-refractivity contribution is 5.81. The van der Waals surface area contributed by atoms with E-state index >= 15 is 0 Å². The molecule has 0 atom stereocenters. The van der Waals surface area contributed by atoms with E-state index in [1.807, 2.05) is 11.0 Å². The number of nitro groups is 1. The molecular weight excluding hydrogens is 330 g/mol. The molecule has 1 fully saturated rings. The second-order valence-corrected chi connectivity index (χ2v) is 6.67. The molecule has 0 saturated carbocycles. The molecule has 1 aliphatic heterocycles. The first-order valence-electron chi connectivity index (χ1n) is 8.92. The summed E-state index contributed by atoms with van der Waals surface area (Å²) in [6.45, 7) is 1.79. The number of benzene rings is 2. The first kappa shape index (κ1) is 17.9. The van der Waals surface area contributed by atoms with Gasteiger partial charge in [0.15, 0.2) is 0 Å². The zero-order valence-corrected chi connectivity index (χ0v) is 14.6. The Hall–Kier alpha value is -2.89. The van der Waals surface area contributed by atoms with Crippen molar-refractivity contribution >= 4 is 17.3 Å². The summed E-state index contributed by atoms with van der Waals surface area (Å²) in [6.07, 6.45) is 3.13. The molecule has 2 aromatic carbocycles. The van der Waals surface area contributed by atoms with Gasteiger partial charge in [0.2, 0.25) is 5.91 Å². The lowest BCUT2D eigenvalue weighted by Crippen LogP contribution is -2.41. The van der Waals surface area contributed by atoms with Crippen LogP contribution in [-0.2, 0) is 11.2 Å². The van der Waals surface area contributed by atoms with Crippen LogP contribution in [0.3, 0.4) is 0 Å². The summed E-state index contributed by atoms with van der Waals surface area (Å²) in [5.41, 5.74) is 2.11. The Bertz CT molecular complexity index is 739. The van der Waals surface area contributed by atoms with Crippen LogP contribution < -0.4 is 5.32 Å². The number of non-ortho nitro benzene ring substituents is 1. The van der Waals surface area contributed by atoms with Gasteiger partial charge in [0, 0.05) is 30.9 Å². The summed E-state index contributed by atoms with van der Waals surface area (Å²) >= 11 is 0. The van der Waals surface area contributed by atoms with Gasteiger partial charge in [-0.2, -0.15) is 0 Å². The smallest absolute Gasteiger partial charge is 0.269 e. The van der Waals surface area contributed by atoms with Gasteiger partial charge >= 0.3 is 0 Å². The molecule has 0 radical (unpaired) electrons. The number of hydrogen-bond donors (Lipinski definition) is 1. The number of carbonyl (C=O) groups is 1. The normalized spacial score (nSPS) is 14.8. The third kappa shape index (κ3) is 4.81. The first-order chi connectivity index (χ1) is 12.6. The molecule has 1 amide bonds. The molecule has 1 heterocycles. The van der Waals surface area contributed by atoms with E-state index in [1.54, 1.807) is 12.1 Å². The van der Waals surface area contributed by atoms with Crippen LogP contribution in [0.5, 0.6) is 0 Å². The Morgan fingerprint density at radius 1 is 1.08 bits per heavy atom. The van der Waals surface area contributed by atoms with Gasteiger partial charge in [-0.05, 0) is 42.9 Å². The minimum Gasteiger partial charge on any atom is -0.376 e. The quantitative estimate of drug-likeness (QED) is 0.637. The SMILES string of the molecule is O=C(CNc1ccc([N+](=O)[O-])cc1)N1CCC(Cc2ccccc2)CC1. The lowest BCUT2D eigenvalue weighted by atomic mass is 9.90. The molecule has 1 saturated heterocycles. The molecule has 6 heteroatoms. The van der Waals surface area contributed by atoms with Crippen LogP contribution in [0, 0.1) is 16.0 Å². The lowest BCUT2D eigenvalue weighted by molar-refractivity contribution is -0.384. The Morgan fingerprint density at radius 2 is 1.73 bits per heavy atom. The fourth-order valence-electron chi connectivity index (χ4n) is 3.32. The summed E-state index contributed by atoms with van der Waals surface area (Å²) in [4.78, 5) is 24.5. The van der Waals surface area contributed by atoms with Crippen molar-refractivity contribution in [3.05, 3.63) is 70.3 Å². The van der Waals surface area contributed by atoms with E-state index in [4.69, 9.17) is 0 Å². The van der Waals surface area contributed by atoms with Crippen LogP contribution in [0.4, 0.5) is 11.4 Å². The van der Waals surface area contributed by atoms with E-state index in [0.29, 0.717) is 11.6 Å². The van der Waals surface area contributed by atoms with Crippen LogP contribution in [0.15, 0.2) is 54.6 Å². The third-order valence-corrected chi connectivity index (χ3v) is 4.86. The molecule has 3 rings (SSSR count). The molecule has 0 spiro atoms. The number of nitrogens with zero attached hydrogens (tertiary/aromatic N) is 2. The molecule has 1 aliphatic rings. The van der Waals surface area contributed by atoms with Crippen LogP contribution in [0.2, 0.25) is 0 Å². The average Bonchev–Trinajstić information content (AvgIpc) is 2.68. The molecule has 6 nitrogen and oxygen atoms in total. The highest BCUT2D eigenvalue weighted by atomic mass is 16.6. The minimum atomic E-state index is -0.436. The summed E-state index contributed by atoms with van der Waals surface area (Å²) < 4.78 is 0. The van der Waals surface area contributed by atoms with E-state index in [1.165, 1.54) is 17.7 Å². The van der Waals surface area contributed by atoms with Gasteiger partial charge in [0.05, 0.1) is 11.5 Å². The predicted molar refractivity (Wildman–Crippen MR) is 101 cm³/mol. The monoisotopic (exact) mass is 353 g/mol. The number of likely N-dealkylation sites (tertiary alicyclic amines) is 1. The van der Waals surface area contributed by atoms with Gasteiger partial charge < -0.3 is 10.2 Å². The number of piperidine rings is 1. The van der Waals surface area contributed by atoms with Crippen molar-refractivity contribution in [1.29, 1.82) is 0 Å². The van der Waals surface area contributed by atoms with Crippen LogP contribution in [0.1, 0.15) is 18.4 Å². The number of carbonyl (C=O) groups excluding carboxylic acids is 1. The maximum atomic E-state index is 12.4. The van der Waals surface area contributed by atoms with E-state index < -0.39 is 4.92 Å². The summed E-state index contributed by atoms with van der Waals surface area (Å²) in [5, 5.41) is 13.7. The van der Waals surface area contributed by atoms with Gasteiger partial charge in [-0.1, -0.05) is 30.3 Å². The van der Waals surface area contributed by atoms with E-state index in [9.17, 15) is 14.9 Å². The number of rotatable bonds is 6. The Balaban J connectivity index is 1.42. The van der Waals surface area contributed by atoms with Crippen molar-refractivity contribution in [1.82, 2.24) is 4.90 Å². The second-order valence-electron chi connectivity index (χ2n) is 6.67. The van der Waals surface area contributed by atoms with Crippen molar-refractivity contribution < 1.29 is 9.72 Å². The summed E-state index contributed by atoms with van der Waals surface area (Å²) in [6, 6.07) is 16.6. The molecule has 0 aliphatic carbocycles. The Labute approximate surface area is 153 Å². The fourth-order valence-corrected chi connectivity index (χ4v) is 3.32. The van der Waals surface area contributed by atoms with Crippen LogP contribution in [0.25, 0.3) is 0 Å². The molecule has 1 N–H and O–H groups in total.